The molecule has 0 unspecified atom stereocenters. The Bertz CT molecular complexity index is 1470. The predicted octanol–water partition coefficient (Wildman–Crippen LogP) is 4.88. The molecule has 0 spiro atoms. The summed E-state index contributed by atoms with van der Waals surface area (Å²) < 4.78 is 47.3. The minimum absolute atomic E-state index is 0.0690. The maximum absolute atomic E-state index is 13.6. The number of piperidine rings is 1. The maximum Gasteiger partial charge on any atom is 0.416 e. The van der Waals surface area contributed by atoms with Crippen LogP contribution >= 0.6 is 11.8 Å². The van der Waals surface area contributed by atoms with E-state index >= 15 is 0 Å². The fourth-order valence-electron chi connectivity index (χ4n) is 4.57. The van der Waals surface area contributed by atoms with E-state index in [1.54, 1.807) is 24.4 Å². The highest BCUT2D eigenvalue weighted by Crippen LogP contribution is 2.36. The molecule has 2 aliphatic rings. The number of aliphatic imine (C=N–C) groups is 1. The van der Waals surface area contributed by atoms with Crippen LogP contribution in [0.15, 0.2) is 52.5 Å². The van der Waals surface area contributed by atoms with Crippen LogP contribution in [0.25, 0.3) is 17.0 Å². The molecule has 1 aromatic heterocycles. The molecule has 2 aromatic carbocycles. The first-order valence-electron chi connectivity index (χ1n) is 11.8. The second-order valence-corrected chi connectivity index (χ2v) is 10.1. The van der Waals surface area contributed by atoms with E-state index in [9.17, 15) is 27.9 Å². The molecule has 8 nitrogen and oxygen atoms in total. The van der Waals surface area contributed by atoms with Gasteiger partial charge in [0.15, 0.2) is 5.17 Å². The van der Waals surface area contributed by atoms with Gasteiger partial charge in [-0.25, -0.2) is 0 Å². The zero-order valence-electron chi connectivity index (χ0n) is 20.2. The lowest BCUT2D eigenvalue weighted by Gasteiger charge is -2.30. The van der Waals surface area contributed by atoms with Crippen molar-refractivity contribution < 1.29 is 32.6 Å². The van der Waals surface area contributed by atoms with Gasteiger partial charge in [-0.15, -0.1) is 0 Å². The van der Waals surface area contributed by atoms with Crippen LogP contribution in [0.2, 0.25) is 0 Å². The first kappa shape index (κ1) is 25.8. The second-order valence-electron chi connectivity index (χ2n) is 9.05. The van der Waals surface area contributed by atoms with Crippen LogP contribution < -0.4 is 4.74 Å². The number of methoxy groups -OCH3 is 1. The van der Waals surface area contributed by atoms with Gasteiger partial charge in [0.25, 0.3) is 5.91 Å². The third-order valence-electron chi connectivity index (χ3n) is 6.63. The van der Waals surface area contributed by atoms with Crippen molar-refractivity contribution in [2.75, 3.05) is 20.2 Å². The Labute approximate surface area is 219 Å². The molecule has 0 saturated carbocycles. The minimum Gasteiger partial charge on any atom is -0.497 e. The normalized spacial score (nSPS) is 17.9. The summed E-state index contributed by atoms with van der Waals surface area (Å²) in [5.41, 5.74) is 0.676. The van der Waals surface area contributed by atoms with Crippen molar-refractivity contribution in [1.29, 1.82) is 0 Å². The van der Waals surface area contributed by atoms with E-state index in [2.05, 4.69) is 10.1 Å². The van der Waals surface area contributed by atoms with Crippen LogP contribution in [0.4, 0.5) is 13.2 Å². The summed E-state index contributed by atoms with van der Waals surface area (Å²) in [5.74, 6) is -1.41. The van der Waals surface area contributed by atoms with Crippen LogP contribution in [0, 0.1) is 5.92 Å². The zero-order valence-corrected chi connectivity index (χ0v) is 21.1. The van der Waals surface area contributed by atoms with E-state index in [1.165, 1.54) is 35.7 Å². The van der Waals surface area contributed by atoms with Gasteiger partial charge in [-0.1, -0.05) is 12.1 Å². The fraction of sp³-hybridized carbons (Fsp3) is 0.308. The number of aromatic nitrogens is 2. The van der Waals surface area contributed by atoms with E-state index in [0.717, 1.165) is 11.6 Å². The molecule has 1 fully saturated rings. The topological polar surface area (TPSA) is 97.0 Å². The molecule has 0 atom stereocenters. The molecule has 5 rings (SSSR count). The number of alkyl halides is 3. The standard InChI is InChI=1S/C26H23F3N4O4S/c1-37-19-4-3-17(20(12-19)26(27,28)29)14-33-21-5-2-15(10-18(21)13-30-33)11-22-23(34)31-25(38-22)32-8-6-16(7-9-32)24(35)36/h2-5,10-13,16H,6-9,14H2,1H3,(H,35,36). The predicted molar refractivity (Wildman–Crippen MR) is 137 cm³/mol. The van der Waals surface area contributed by atoms with Crippen LogP contribution in [0.1, 0.15) is 29.5 Å². The van der Waals surface area contributed by atoms with Gasteiger partial charge >= 0.3 is 12.1 Å². The van der Waals surface area contributed by atoms with Crippen molar-refractivity contribution in [3.8, 4) is 5.75 Å². The number of benzene rings is 2. The quantitative estimate of drug-likeness (QED) is 0.458. The average Bonchev–Trinajstić information content (AvgIpc) is 3.46. The fourth-order valence-corrected chi connectivity index (χ4v) is 5.53. The molecule has 0 radical (unpaired) electrons. The molecule has 1 N–H and O–H groups in total. The summed E-state index contributed by atoms with van der Waals surface area (Å²) in [6.07, 6.45) is -0.236. The van der Waals surface area contributed by atoms with Crippen molar-refractivity contribution in [2.24, 2.45) is 10.9 Å². The summed E-state index contributed by atoms with van der Waals surface area (Å²) >= 11 is 1.25. The Kier molecular flexibility index (Phi) is 6.91. The Morgan fingerprint density at radius 2 is 1.97 bits per heavy atom. The second kappa shape index (κ2) is 10.2. The molecule has 3 aromatic rings. The van der Waals surface area contributed by atoms with Gasteiger partial charge in [-0.2, -0.15) is 23.3 Å². The molecule has 0 bridgehead atoms. The van der Waals surface area contributed by atoms with Gasteiger partial charge in [0.05, 0.1) is 41.8 Å². The van der Waals surface area contributed by atoms with E-state index in [4.69, 9.17) is 4.74 Å². The molecular weight excluding hydrogens is 521 g/mol. The number of carboxylic acid groups (broad SMARTS) is 1. The van der Waals surface area contributed by atoms with Crippen LogP contribution in [0.3, 0.4) is 0 Å². The number of halogens is 3. The largest absolute Gasteiger partial charge is 0.497 e. The lowest BCUT2D eigenvalue weighted by Crippen LogP contribution is -2.38. The van der Waals surface area contributed by atoms with E-state index in [-0.39, 0.29) is 29.7 Å². The van der Waals surface area contributed by atoms with Gasteiger partial charge in [-0.05, 0) is 66.1 Å². The first-order chi connectivity index (χ1) is 18.1. The molecular formula is C26H23F3N4O4S. The molecule has 1 amide bonds. The number of hydrogen-bond donors (Lipinski definition) is 1. The Morgan fingerprint density at radius 1 is 1.21 bits per heavy atom. The third-order valence-corrected chi connectivity index (χ3v) is 7.67. The summed E-state index contributed by atoms with van der Waals surface area (Å²) in [6.45, 7) is 0.977. The number of likely N-dealkylation sites (tertiary alicyclic amines) is 1. The first-order valence-corrected chi connectivity index (χ1v) is 12.6. The van der Waals surface area contributed by atoms with Crippen LogP contribution in [-0.4, -0.2) is 57.0 Å². The molecule has 0 aliphatic carbocycles. The van der Waals surface area contributed by atoms with Gasteiger partial charge < -0.3 is 14.7 Å². The van der Waals surface area contributed by atoms with E-state index in [0.29, 0.717) is 46.9 Å². The number of thioether (sulfide) groups is 1. The van der Waals surface area contributed by atoms with Crippen LogP contribution in [-0.2, 0) is 22.3 Å². The summed E-state index contributed by atoms with van der Waals surface area (Å²) in [4.78, 5) is 30.2. The number of fused-ring (bicyclic) bond motifs is 1. The number of ether oxygens (including phenoxy) is 1. The number of carbonyl (C=O) groups excluding carboxylic acids is 1. The number of hydrogen-bond acceptors (Lipinski definition) is 6. The number of carbonyl (C=O) groups is 2. The molecule has 12 heteroatoms. The van der Waals surface area contributed by atoms with Gasteiger partial charge in [-0.3, -0.25) is 14.3 Å². The number of carboxylic acids is 1. The van der Waals surface area contributed by atoms with E-state index in [1.807, 2.05) is 11.0 Å². The summed E-state index contributed by atoms with van der Waals surface area (Å²) in [7, 11) is 1.32. The van der Waals surface area contributed by atoms with Crippen LogP contribution in [0.5, 0.6) is 5.75 Å². The lowest BCUT2D eigenvalue weighted by atomic mass is 9.98. The van der Waals surface area contributed by atoms with Crippen molar-refractivity contribution >= 4 is 45.8 Å². The number of amides is 1. The minimum atomic E-state index is -4.54. The molecule has 2 aliphatic heterocycles. The van der Waals surface area contributed by atoms with Gasteiger partial charge in [0.1, 0.15) is 5.75 Å². The lowest BCUT2D eigenvalue weighted by molar-refractivity contribution is -0.143. The van der Waals surface area contributed by atoms with Crippen molar-refractivity contribution in [1.82, 2.24) is 14.7 Å². The number of rotatable bonds is 5. The zero-order chi connectivity index (χ0) is 27.0. The van der Waals surface area contributed by atoms with Crippen molar-refractivity contribution in [3.05, 3.63) is 64.2 Å². The number of nitrogens with zero attached hydrogens (tertiary/aromatic N) is 4. The van der Waals surface area contributed by atoms with Crippen molar-refractivity contribution in [2.45, 2.75) is 25.6 Å². The van der Waals surface area contributed by atoms with Crippen molar-refractivity contribution in [3.63, 3.8) is 0 Å². The molecule has 1 saturated heterocycles. The summed E-state index contributed by atoms with van der Waals surface area (Å²) in [6, 6.07) is 9.20. The monoisotopic (exact) mass is 544 g/mol. The highest BCUT2D eigenvalue weighted by molar-refractivity contribution is 8.18. The summed E-state index contributed by atoms with van der Waals surface area (Å²) in [5, 5.41) is 14.8. The van der Waals surface area contributed by atoms with Gasteiger partial charge in [0.2, 0.25) is 0 Å². The molecule has 38 heavy (non-hydrogen) atoms. The molecule has 198 valence electrons. The number of aliphatic carboxylic acids is 1. The number of amidine groups is 1. The Hall–Kier alpha value is -3.80. The van der Waals surface area contributed by atoms with E-state index < -0.39 is 17.7 Å². The highest BCUT2D eigenvalue weighted by Gasteiger charge is 2.34. The Balaban J connectivity index is 1.32. The SMILES string of the molecule is COc1ccc(Cn2ncc3cc(C=C4SC(N5CCC(C(=O)O)CC5)=NC4=O)ccc32)c(C(F)(F)F)c1. The third kappa shape index (κ3) is 5.26. The highest BCUT2D eigenvalue weighted by atomic mass is 32.2. The average molecular weight is 545 g/mol. The molecule has 3 heterocycles. The smallest absolute Gasteiger partial charge is 0.416 e. The van der Waals surface area contributed by atoms with Gasteiger partial charge in [0, 0.05) is 18.5 Å². The Morgan fingerprint density at radius 3 is 2.66 bits per heavy atom. The maximum atomic E-state index is 13.6.